The first-order valence-electron chi connectivity index (χ1n) is 13.6. The van der Waals surface area contributed by atoms with Crippen molar-refractivity contribution >= 4 is 0 Å². The molecule has 0 bridgehead atoms. The Bertz CT molecular complexity index is 1620. The molecule has 2 aromatic heterocycles. The lowest BCUT2D eigenvalue weighted by molar-refractivity contribution is 0.583. The quantitative estimate of drug-likeness (QED) is 0.254. The lowest BCUT2D eigenvalue weighted by Crippen LogP contribution is -2.27. The molecule has 0 amide bonds. The number of rotatable bonds is 8. The van der Waals surface area contributed by atoms with Crippen LogP contribution in [0.2, 0.25) is 0 Å². The second kappa shape index (κ2) is 10.8. The van der Waals surface area contributed by atoms with Crippen LogP contribution >= 0.6 is 0 Å². The minimum atomic E-state index is -0.0980. The minimum Gasteiger partial charge on any atom is -0.292 e. The summed E-state index contributed by atoms with van der Waals surface area (Å²) in [6.45, 7) is 11.3. The fourth-order valence-corrected chi connectivity index (χ4v) is 5.20. The Morgan fingerprint density at radius 2 is 1.74 bits per heavy atom. The number of aryl methyl sites for hydroxylation is 2. The minimum absolute atomic E-state index is 0.0193. The molecule has 3 aromatic carbocycles. The summed E-state index contributed by atoms with van der Waals surface area (Å²) in [6.07, 6.45) is 4.97. The van der Waals surface area contributed by atoms with Crippen molar-refractivity contribution < 1.29 is 0 Å². The molecule has 0 atom stereocenters. The van der Waals surface area contributed by atoms with Crippen LogP contribution in [0.5, 0.6) is 0 Å². The predicted octanol–water partition coefficient (Wildman–Crippen LogP) is 6.48. The van der Waals surface area contributed by atoms with Crippen molar-refractivity contribution in [2.24, 2.45) is 0 Å². The summed E-state index contributed by atoms with van der Waals surface area (Å²) in [5.41, 5.74) is 8.14. The van der Waals surface area contributed by atoms with Crippen molar-refractivity contribution in [1.29, 1.82) is 0 Å². The molecule has 0 aliphatic heterocycles. The number of hydrogen-bond acceptors (Lipinski definition) is 4. The predicted molar refractivity (Wildman–Crippen MR) is 156 cm³/mol. The maximum atomic E-state index is 14.1. The Balaban J connectivity index is 1.63. The maximum Gasteiger partial charge on any atom is 0.333 e. The van der Waals surface area contributed by atoms with E-state index in [1.807, 2.05) is 33.5 Å². The number of nitrogens with one attached hydrogen (secondary N) is 1. The molecule has 0 fully saturated rings. The average molecular weight is 521 g/mol. The number of H-pyrrole nitrogens is 1. The largest absolute Gasteiger partial charge is 0.333 e. The van der Waals surface area contributed by atoms with Gasteiger partial charge in [-0.2, -0.15) is 5.21 Å². The number of nitrogens with zero attached hydrogens (tertiary/aromatic N) is 5. The number of aromatic nitrogens is 6. The first-order chi connectivity index (χ1) is 18.8. The van der Waals surface area contributed by atoms with Gasteiger partial charge in [0, 0.05) is 17.5 Å². The Morgan fingerprint density at radius 1 is 0.949 bits per heavy atom. The molecule has 0 saturated heterocycles. The summed E-state index contributed by atoms with van der Waals surface area (Å²) in [4.78, 5) is 14.1. The van der Waals surface area contributed by atoms with Crippen molar-refractivity contribution in [2.75, 3.05) is 0 Å². The Morgan fingerprint density at radius 3 is 2.44 bits per heavy atom. The van der Waals surface area contributed by atoms with Crippen molar-refractivity contribution in [2.45, 2.75) is 65.8 Å². The number of unbranched alkanes of at least 4 members (excludes halogenated alkanes) is 1. The van der Waals surface area contributed by atoms with Crippen LogP contribution in [0.25, 0.3) is 28.2 Å². The summed E-state index contributed by atoms with van der Waals surface area (Å²) in [5, 5.41) is 14.9. The first-order valence-corrected chi connectivity index (χ1v) is 13.6. The van der Waals surface area contributed by atoms with Gasteiger partial charge in [0.25, 0.3) is 0 Å². The number of tetrazole rings is 1. The highest BCUT2D eigenvalue weighted by molar-refractivity contribution is 5.80. The molecule has 7 heteroatoms. The number of aromatic amines is 1. The topological polar surface area (TPSA) is 81.4 Å². The summed E-state index contributed by atoms with van der Waals surface area (Å²) in [5.74, 6) is 0.529. The molecule has 200 valence electrons. The molecule has 0 spiro atoms. The van der Waals surface area contributed by atoms with E-state index in [-0.39, 0.29) is 11.1 Å². The summed E-state index contributed by atoms with van der Waals surface area (Å²) < 4.78 is 3.78. The van der Waals surface area contributed by atoms with Gasteiger partial charge in [-0.3, -0.25) is 9.13 Å². The Kier molecular flexibility index (Phi) is 7.33. The highest BCUT2D eigenvalue weighted by atomic mass is 16.1. The monoisotopic (exact) mass is 520 g/mol. The first kappa shape index (κ1) is 26.4. The number of hydrogen-bond donors (Lipinski definition) is 1. The van der Waals surface area contributed by atoms with Crippen LogP contribution in [0.3, 0.4) is 0 Å². The Hall–Kier alpha value is -4.26. The van der Waals surface area contributed by atoms with Gasteiger partial charge in [0.1, 0.15) is 0 Å². The second-order valence-corrected chi connectivity index (χ2v) is 11.2. The van der Waals surface area contributed by atoms with Gasteiger partial charge in [-0.1, -0.05) is 94.8 Å². The standard InChI is InChI=1S/C32H36N6O/c1-6-7-15-25-21-38(29-22(2)12-11-16-28(29)32(3,4)5)31(39)37(25)20-23-17-18-26(24-13-9-8-10-14-24)27(19-23)30-33-35-36-34-30/h8-14,16-19,21H,6-7,15,20H2,1-5H3,(H,33,34,35,36). The van der Waals surface area contributed by atoms with Crippen LogP contribution in [0, 0.1) is 6.92 Å². The van der Waals surface area contributed by atoms with Crippen LogP contribution in [0.1, 0.15) is 62.9 Å². The van der Waals surface area contributed by atoms with Gasteiger partial charge in [-0.15, -0.1) is 10.2 Å². The number of imidazole rings is 1. The molecular weight excluding hydrogens is 484 g/mol. The van der Waals surface area contributed by atoms with Gasteiger partial charge in [0.2, 0.25) is 5.82 Å². The van der Waals surface area contributed by atoms with Crippen LogP contribution in [-0.4, -0.2) is 29.8 Å². The zero-order valence-electron chi connectivity index (χ0n) is 23.4. The molecule has 0 unspecified atom stereocenters. The molecule has 0 saturated carbocycles. The third-order valence-corrected chi connectivity index (χ3v) is 7.23. The molecule has 1 N–H and O–H groups in total. The van der Waals surface area contributed by atoms with Gasteiger partial charge >= 0.3 is 5.69 Å². The molecule has 7 nitrogen and oxygen atoms in total. The van der Waals surface area contributed by atoms with E-state index in [1.165, 1.54) is 0 Å². The van der Waals surface area contributed by atoms with Crippen molar-refractivity contribution in [1.82, 2.24) is 29.8 Å². The zero-order chi connectivity index (χ0) is 27.6. The van der Waals surface area contributed by atoms with E-state index in [1.54, 1.807) is 0 Å². The molecule has 39 heavy (non-hydrogen) atoms. The van der Waals surface area contributed by atoms with E-state index in [4.69, 9.17) is 0 Å². The van der Waals surface area contributed by atoms with Gasteiger partial charge in [-0.05, 0) is 64.3 Å². The third-order valence-electron chi connectivity index (χ3n) is 7.23. The average Bonchev–Trinajstić information content (AvgIpc) is 3.56. The smallest absolute Gasteiger partial charge is 0.292 e. The SMILES string of the molecule is CCCCc1cn(-c2c(C)cccc2C(C)(C)C)c(=O)n1Cc1ccc(-c2ccccc2)c(-c2nn[nH]n2)c1. The zero-order valence-corrected chi connectivity index (χ0v) is 23.4. The third kappa shape index (κ3) is 5.35. The maximum absolute atomic E-state index is 14.1. The Labute approximate surface area is 229 Å². The van der Waals surface area contributed by atoms with Gasteiger partial charge in [0.15, 0.2) is 0 Å². The molecule has 0 aliphatic rings. The van der Waals surface area contributed by atoms with E-state index >= 15 is 0 Å². The molecular formula is C32H36N6O. The van der Waals surface area contributed by atoms with Crippen molar-refractivity contribution in [3.05, 3.63) is 106 Å². The van der Waals surface area contributed by atoms with Crippen molar-refractivity contribution in [3.8, 4) is 28.2 Å². The van der Waals surface area contributed by atoms with Crippen LogP contribution in [0.15, 0.2) is 77.7 Å². The molecule has 0 aliphatic carbocycles. The highest BCUT2D eigenvalue weighted by Crippen LogP contribution is 2.32. The second-order valence-electron chi connectivity index (χ2n) is 11.2. The van der Waals surface area contributed by atoms with E-state index < -0.39 is 0 Å². The summed E-state index contributed by atoms with van der Waals surface area (Å²) in [7, 11) is 0. The fourth-order valence-electron chi connectivity index (χ4n) is 5.20. The van der Waals surface area contributed by atoms with Gasteiger partial charge in [-0.25, -0.2) is 4.79 Å². The molecule has 5 aromatic rings. The molecule has 0 radical (unpaired) electrons. The van der Waals surface area contributed by atoms with Gasteiger partial charge < -0.3 is 0 Å². The summed E-state index contributed by atoms with van der Waals surface area (Å²) in [6, 6.07) is 22.7. The normalized spacial score (nSPS) is 11.7. The molecule has 2 heterocycles. The van der Waals surface area contributed by atoms with E-state index in [2.05, 4.69) is 104 Å². The highest BCUT2D eigenvalue weighted by Gasteiger charge is 2.23. The number of para-hydroxylation sites is 1. The fraction of sp³-hybridized carbons (Fsp3) is 0.312. The lowest BCUT2D eigenvalue weighted by Gasteiger charge is -2.24. The van der Waals surface area contributed by atoms with E-state index in [9.17, 15) is 4.79 Å². The van der Waals surface area contributed by atoms with Crippen LogP contribution in [0.4, 0.5) is 0 Å². The van der Waals surface area contributed by atoms with E-state index in [0.29, 0.717) is 12.4 Å². The molecule has 5 rings (SSSR count). The number of benzene rings is 3. The van der Waals surface area contributed by atoms with Crippen LogP contribution < -0.4 is 5.69 Å². The van der Waals surface area contributed by atoms with Crippen LogP contribution in [-0.2, 0) is 18.4 Å². The van der Waals surface area contributed by atoms with Crippen molar-refractivity contribution in [3.63, 3.8) is 0 Å². The lowest BCUT2D eigenvalue weighted by atomic mass is 9.84. The van der Waals surface area contributed by atoms with Gasteiger partial charge in [0.05, 0.1) is 12.2 Å². The van der Waals surface area contributed by atoms with E-state index in [0.717, 1.165) is 64.0 Å². The summed E-state index contributed by atoms with van der Waals surface area (Å²) >= 11 is 0.